The van der Waals surface area contributed by atoms with Gasteiger partial charge in [-0.3, -0.25) is 14.6 Å². The zero-order valence-electron chi connectivity index (χ0n) is 9.60. The molecule has 0 aliphatic carbocycles. The number of aromatic amines is 1. The molecule has 0 aromatic carbocycles. The maximum atomic E-state index is 11.9. The Labute approximate surface area is 103 Å². The number of H-pyrrole nitrogens is 1. The molecule has 0 fully saturated rings. The number of nitrogens with one attached hydrogen (secondary N) is 3. The van der Waals surface area contributed by atoms with Crippen LogP contribution in [0.5, 0.6) is 0 Å². The molecule has 0 unspecified atom stereocenters. The summed E-state index contributed by atoms with van der Waals surface area (Å²) in [6, 6.07) is 3.29. The minimum atomic E-state index is -0.457. The summed E-state index contributed by atoms with van der Waals surface area (Å²) in [4.78, 5) is 33.7. The van der Waals surface area contributed by atoms with Gasteiger partial charge in [0.25, 0.3) is 11.8 Å². The molecule has 3 N–H and O–H groups in total. The van der Waals surface area contributed by atoms with Gasteiger partial charge in [0.1, 0.15) is 5.69 Å². The van der Waals surface area contributed by atoms with Crippen molar-refractivity contribution >= 4 is 17.5 Å². The molecule has 0 aliphatic rings. The fourth-order valence-corrected chi connectivity index (χ4v) is 1.39. The van der Waals surface area contributed by atoms with Crippen molar-refractivity contribution in [2.24, 2.45) is 0 Å². The highest BCUT2D eigenvalue weighted by molar-refractivity contribution is 6.09. The second kappa shape index (κ2) is 5.09. The number of anilines is 1. The third-order valence-corrected chi connectivity index (χ3v) is 2.25. The summed E-state index contributed by atoms with van der Waals surface area (Å²) >= 11 is 0. The van der Waals surface area contributed by atoms with Crippen molar-refractivity contribution in [3.8, 4) is 0 Å². The lowest BCUT2D eigenvalue weighted by Gasteiger charge is -2.04. The van der Waals surface area contributed by atoms with Crippen LogP contribution < -0.4 is 10.6 Å². The van der Waals surface area contributed by atoms with E-state index in [1.54, 1.807) is 24.5 Å². The molecule has 18 heavy (non-hydrogen) atoms. The van der Waals surface area contributed by atoms with Gasteiger partial charge >= 0.3 is 0 Å². The zero-order chi connectivity index (χ0) is 13.0. The molecule has 0 spiro atoms. The average Bonchev–Trinajstić information content (AvgIpc) is 2.88. The molecule has 0 aliphatic heterocycles. The third-order valence-electron chi connectivity index (χ3n) is 2.25. The molecule has 7 heteroatoms. The average molecular weight is 245 g/mol. The van der Waals surface area contributed by atoms with E-state index < -0.39 is 11.8 Å². The molecular weight excluding hydrogens is 234 g/mol. The Morgan fingerprint density at radius 2 is 1.94 bits per heavy atom. The fourth-order valence-electron chi connectivity index (χ4n) is 1.39. The van der Waals surface area contributed by atoms with Crippen molar-refractivity contribution in [2.45, 2.75) is 0 Å². The van der Waals surface area contributed by atoms with E-state index in [2.05, 4.69) is 25.6 Å². The summed E-state index contributed by atoms with van der Waals surface area (Å²) in [5.74, 6) is -0.853. The molecule has 0 bridgehead atoms. The molecule has 7 nitrogen and oxygen atoms in total. The van der Waals surface area contributed by atoms with Crippen molar-refractivity contribution in [3.05, 3.63) is 42.2 Å². The van der Waals surface area contributed by atoms with E-state index in [1.165, 1.54) is 13.4 Å². The van der Waals surface area contributed by atoms with Crippen LogP contribution in [0.2, 0.25) is 0 Å². The largest absolute Gasteiger partial charge is 0.354 e. The lowest BCUT2D eigenvalue weighted by Crippen LogP contribution is -2.23. The lowest BCUT2D eigenvalue weighted by atomic mass is 10.3. The van der Waals surface area contributed by atoms with Crippen LogP contribution in [-0.2, 0) is 0 Å². The molecule has 0 saturated carbocycles. The quantitative estimate of drug-likeness (QED) is 0.729. The van der Waals surface area contributed by atoms with Gasteiger partial charge in [-0.25, -0.2) is 4.98 Å². The molecule has 92 valence electrons. The van der Waals surface area contributed by atoms with Gasteiger partial charge in [0.2, 0.25) is 0 Å². The number of pyridine rings is 1. The highest BCUT2D eigenvalue weighted by Crippen LogP contribution is 2.08. The first-order valence-electron chi connectivity index (χ1n) is 5.19. The summed E-state index contributed by atoms with van der Waals surface area (Å²) < 4.78 is 0. The van der Waals surface area contributed by atoms with Crippen molar-refractivity contribution in [2.75, 3.05) is 12.4 Å². The minimum absolute atomic E-state index is 0.0474. The number of carbonyl (C=O) groups excluding carboxylic acids is 2. The minimum Gasteiger partial charge on any atom is -0.354 e. The Bertz CT molecular complexity index is 564. The summed E-state index contributed by atoms with van der Waals surface area (Å²) in [6.45, 7) is 0. The van der Waals surface area contributed by atoms with Crippen molar-refractivity contribution in [3.63, 3.8) is 0 Å². The van der Waals surface area contributed by atoms with Crippen LogP contribution in [0.3, 0.4) is 0 Å². The number of nitrogens with zero attached hydrogens (tertiary/aromatic N) is 2. The van der Waals surface area contributed by atoms with E-state index in [0.29, 0.717) is 5.69 Å². The van der Waals surface area contributed by atoms with Crippen LogP contribution in [0, 0.1) is 0 Å². The molecule has 2 amide bonds. The molecule has 0 atom stereocenters. The number of hydrogen-bond donors (Lipinski definition) is 3. The first-order chi connectivity index (χ1) is 8.72. The second-order valence-electron chi connectivity index (χ2n) is 3.40. The van der Waals surface area contributed by atoms with Crippen LogP contribution in [0.25, 0.3) is 0 Å². The van der Waals surface area contributed by atoms with Crippen molar-refractivity contribution < 1.29 is 9.59 Å². The van der Waals surface area contributed by atoms with Gasteiger partial charge in [0.05, 0.1) is 6.33 Å². The van der Waals surface area contributed by atoms with E-state index in [-0.39, 0.29) is 11.4 Å². The first kappa shape index (κ1) is 11.8. The molecule has 0 saturated heterocycles. The Hall–Kier alpha value is -2.70. The smallest absolute Gasteiger partial charge is 0.276 e. The van der Waals surface area contributed by atoms with Crippen LogP contribution in [0.15, 0.2) is 30.9 Å². The van der Waals surface area contributed by atoms with Gasteiger partial charge in [0.15, 0.2) is 5.69 Å². The molecule has 2 rings (SSSR count). The van der Waals surface area contributed by atoms with Crippen molar-refractivity contribution in [1.82, 2.24) is 20.3 Å². The van der Waals surface area contributed by atoms with Gasteiger partial charge < -0.3 is 15.6 Å². The number of hydrogen-bond acceptors (Lipinski definition) is 4. The van der Waals surface area contributed by atoms with Gasteiger partial charge in [-0.1, -0.05) is 0 Å². The highest BCUT2D eigenvalue weighted by Gasteiger charge is 2.19. The summed E-state index contributed by atoms with van der Waals surface area (Å²) in [6.07, 6.45) is 4.41. The molecule has 2 heterocycles. The number of imidazole rings is 1. The van der Waals surface area contributed by atoms with Crippen LogP contribution in [0.1, 0.15) is 21.0 Å². The molecular formula is C11H11N5O2. The molecule has 2 aromatic rings. The van der Waals surface area contributed by atoms with Gasteiger partial charge in [0, 0.05) is 25.1 Å². The standard InChI is InChI=1S/C11H11N5O2/c1-12-10(17)8-9(15-6-14-8)11(18)16-7-2-4-13-5-3-7/h2-6H,1H3,(H,12,17)(H,14,15)(H,13,16,18). The Morgan fingerprint density at radius 3 is 2.61 bits per heavy atom. The van der Waals surface area contributed by atoms with Crippen LogP contribution >= 0.6 is 0 Å². The maximum absolute atomic E-state index is 11.9. The number of rotatable bonds is 3. The van der Waals surface area contributed by atoms with E-state index in [4.69, 9.17) is 0 Å². The second-order valence-corrected chi connectivity index (χ2v) is 3.40. The summed E-state index contributed by atoms with van der Waals surface area (Å²) in [5.41, 5.74) is 0.760. The zero-order valence-corrected chi connectivity index (χ0v) is 9.60. The molecule has 2 aromatic heterocycles. The Balaban J connectivity index is 2.20. The SMILES string of the molecule is CNC(=O)c1[nH]cnc1C(=O)Nc1ccncc1. The lowest BCUT2D eigenvalue weighted by molar-refractivity contribution is 0.0943. The van der Waals surface area contributed by atoms with Crippen molar-refractivity contribution in [1.29, 1.82) is 0 Å². The third kappa shape index (κ3) is 2.34. The van der Waals surface area contributed by atoms with Crippen LogP contribution in [0.4, 0.5) is 5.69 Å². The van der Waals surface area contributed by atoms with E-state index in [0.717, 1.165) is 0 Å². The van der Waals surface area contributed by atoms with Gasteiger partial charge in [-0.15, -0.1) is 0 Å². The predicted octanol–water partition coefficient (Wildman–Crippen LogP) is 0.417. The number of aromatic nitrogens is 3. The highest BCUT2D eigenvalue weighted by atomic mass is 16.2. The predicted molar refractivity (Wildman–Crippen MR) is 64.2 cm³/mol. The van der Waals surface area contributed by atoms with Crippen LogP contribution in [-0.4, -0.2) is 33.8 Å². The monoisotopic (exact) mass is 245 g/mol. The van der Waals surface area contributed by atoms with E-state index >= 15 is 0 Å². The van der Waals surface area contributed by atoms with E-state index in [1.807, 2.05) is 0 Å². The van der Waals surface area contributed by atoms with Gasteiger partial charge in [-0.05, 0) is 12.1 Å². The number of amides is 2. The first-order valence-corrected chi connectivity index (χ1v) is 5.19. The maximum Gasteiger partial charge on any atom is 0.276 e. The molecule has 0 radical (unpaired) electrons. The topological polar surface area (TPSA) is 99.8 Å². The fraction of sp³-hybridized carbons (Fsp3) is 0.0909. The Kier molecular flexibility index (Phi) is 3.33. The summed E-state index contributed by atoms with van der Waals surface area (Å²) in [7, 11) is 1.48. The Morgan fingerprint density at radius 1 is 1.22 bits per heavy atom. The van der Waals surface area contributed by atoms with E-state index in [9.17, 15) is 9.59 Å². The normalized spacial score (nSPS) is 9.83. The number of carbonyl (C=O) groups is 2. The summed E-state index contributed by atoms with van der Waals surface area (Å²) in [5, 5.41) is 5.05. The van der Waals surface area contributed by atoms with Gasteiger partial charge in [-0.2, -0.15) is 0 Å².